The van der Waals surface area contributed by atoms with Gasteiger partial charge in [0.25, 0.3) is 0 Å². The Bertz CT molecular complexity index is 1590. The van der Waals surface area contributed by atoms with Crippen LogP contribution in [0.3, 0.4) is 0 Å². The molecule has 1 N–H and O–H groups in total. The fourth-order valence-electron chi connectivity index (χ4n) is 5.04. The second-order valence-electron chi connectivity index (χ2n) is 9.22. The summed E-state index contributed by atoms with van der Waals surface area (Å²) in [6.07, 6.45) is 3.66. The molecule has 0 atom stereocenters. The van der Waals surface area contributed by atoms with Crippen molar-refractivity contribution in [2.45, 2.75) is 0 Å². The first kappa shape index (κ1) is 25.3. The van der Waals surface area contributed by atoms with Crippen molar-refractivity contribution in [2.24, 2.45) is 0 Å². The Kier molecular flexibility index (Phi) is 7.39. The molecule has 0 bridgehead atoms. The van der Waals surface area contributed by atoms with Gasteiger partial charge in [-0.1, -0.05) is 0 Å². The van der Waals surface area contributed by atoms with Crippen molar-refractivity contribution in [3.8, 4) is 11.1 Å². The van der Waals surface area contributed by atoms with Crippen molar-refractivity contribution in [1.29, 1.82) is 0 Å². The molecule has 0 saturated heterocycles. The Balaban J connectivity index is 1.61. The van der Waals surface area contributed by atoms with Crippen LogP contribution in [0.5, 0.6) is 0 Å². The third-order valence-corrected chi connectivity index (χ3v) is 12.7. The van der Waals surface area contributed by atoms with Crippen LogP contribution in [0.2, 0.25) is 0 Å². The summed E-state index contributed by atoms with van der Waals surface area (Å²) in [6.45, 7) is 0. The zero-order valence-electron chi connectivity index (χ0n) is 21.3. The van der Waals surface area contributed by atoms with Gasteiger partial charge in [0.15, 0.2) is 0 Å². The predicted octanol–water partition coefficient (Wildman–Crippen LogP) is 4.84. The molecule has 6 aromatic rings. The molecule has 0 aliphatic heterocycles. The Morgan fingerprint density at radius 2 is 0.897 bits per heavy atom. The van der Waals surface area contributed by atoms with E-state index in [1.54, 1.807) is 6.20 Å². The van der Waals surface area contributed by atoms with Crippen LogP contribution in [0, 0.1) is 0 Å². The quantitative estimate of drug-likeness (QED) is 0.294. The molecule has 0 radical (unpaired) electrons. The molecule has 6 rings (SSSR count). The van der Waals surface area contributed by atoms with E-state index in [0.717, 1.165) is 27.2 Å². The first-order valence-electron chi connectivity index (χ1n) is 12.9. The zero-order chi connectivity index (χ0) is 26.5. The second kappa shape index (κ2) is 11.4. The topological polar surface area (TPSA) is 46.0 Å². The van der Waals surface area contributed by atoms with E-state index in [9.17, 15) is 4.89 Å². The molecule has 2 heterocycles. The fraction of sp³-hybridized carbons (Fsp3) is 0. The molecule has 0 aliphatic carbocycles. The monoisotopic (exact) mass is 542 g/mol. The third-order valence-electron chi connectivity index (χ3n) is 6.85. The Morgan fingerprint density at radius 1 is 0.462 bits per heavy atom. The summed E-state index contributed by atoms with van der Waals surface area (Å²) >= 11 is 0. The van der Waals surface area contributed by atoms with E-state index in [1.807, 2.05) is 91.1 Å². The van der Waals surface area contributed by atoms with Crippen LogP contribution in [0.1, 0.15) is 0 Å². The maximum absolute atomic E-state index is 12.8. The van der Waals surface area contributed by atoms with Crippen molar-refractivity contribution < 1.29 is 4.89 Å². The molecule has 0 spiro atoms. The minimum atomic E-state index is -3.45. The van der Waals surface area contributed by atoms with Gasteiger partial charge in [0.2, 0.25) is 0 Å². The Labute approximate surface area is 231 Å². The summed E-state index contributed by atoms with van der Waals surface area (Å²) in [7, 11) is -4.41. The summed E-state index contributed by atoms with van der Waals surface area (Å²) in [5.74, 6) is 0. The number of benzene rings is 4. The molecule has 5 heteroatoms. The van der Waals surface area contributed by atoms with Gasteiger partial charge in [0.1, 0.15) is 0 Å². The summed E-state index contributed by atoms with van der Waals surface area (Å²) in [6, 6.07) is 49.3. The van der Waals surface area contributed by atoms with Gasteiger partial charge in [0, 0.05) is 0 Å². The SMILES string of the molecule is O[PH](c1ccccc1)(c1ccccc1)c1ncccc1-c1cccnc1P(c1ccccc1)c1ccccc1. The van der Waals surface area contributed by atoms with Gasteiger partial charge in [0.05, 0.1) is 0 Å². The van der Waals surface area contributed by atoms with Crippen LogP contribution in [-0.4, -0.2) is 14.9 Å². The van der Waals surface area contributed by atoms with E-state index in [1.165, 1.54) is 10.6 Å². The molecular weight excluding hydrogens is 514 g/mol. The van der Waals surface area contributed by atoms with Gasteiger partial charge < -0.3 is 0 Å². The molecule has 0 saturated carbocycles. The number of pyridine rings is 2. The van der Waals surface area contributed by atoms with Crippen LogP contribution in [0.4, 0.5) is 0 Å². The molecule has 39 heavy (non-hydrogen) atoms. The average molecular weight is 543 g/mol. The molecule has 0 aliphatic rings. The number of nitrogens with zero attached hydrogens (tertiary/aromatic N) is 2. The standard InChI is InChI=1S/C34H28N2OP2/c37-39(29-19-9-3-10-20-29,30-21-11-4-12-22-30)34-32(24-14-26-36-34)31-23-13-25-35-33(31)38(27-15-5-1-6-16-27)28-17-7-2-8-18-28/h1-26,37,39H. The molecule has 2 aromatic heterocycles. The molecule has 0 unspecified atom stereocenters. The summed E-state index contributed by atoms with van der Waals surface area (Å²) in [5, 5.41) is 4.25. The van der Waals surface area contributed by atoms with Crippen molar-refractivity contribution >= 4 is 47.5 Å². The van der Waals surface area contributed by atoms with E-state index in [-0.39, 0.29) is 0 Å². The van der Waals surface area contributed by atoms with Crippen molar-refractivity contribution in [3.05, 3.63) is 158 Å². The van der Waals surface area contributed by atoms with Crippen LogP contribution in [0.25, 0.3) is 11.1 Å². The van der Waals surface area contributed by atoms with Gasteiger partial charge >= 0.3 is 231 Å². The number of hydrogen-bond donors (Lipinski definition) is 1. The Morgan fingerprint density at radius 3 is 1.41 bits per heavy atom. The second-order valence-corrected chi connectivity index (χ2v) is 14.4. The minimum absolute atomic E-state index is 0.715. The Hall–Kier alpha value is -4.00. The van der Waals surface area contributed by atoms with Crippen LogP contribution < -0.4 is 32.1 Å². The van der Waals surface area contributed by atoms with E-state index in [4.69, 9.17) is 9.97 Å². The summed E-state index contributed by atoms with van der Waals surface area (Å²) in [4.78, 5) is 22.7. The normalized spacial score (nSPS) is 11.8. The molecule has 0 fully saturated rings. The molecule has 0 amide bonds. The summed E-state index contributed by atoms with van der Waals surface area (Å²) in [5.41, 5.74) is 3.63. The van der Waals surface area contributed by atoms with Crippen molar-refractivity contribution in [3.63, 3.8) is 0 Å². The van der Waals surface area contributed by atoms with E-state index in [2.05, 4.69) is 60.7 Å². The molecule has 3 nitrogen and oxygen atoms in total. The van der Waals surface area contributed by atoms with Crippen LogP contribution in [0.15, 0.2) is 158 Å². The first-order valence-corrected chi connectivity index (χ1v) is 16.2. The number of aromatic nitrogens is 2. The third kappa shape index (κ3) is 4.93. The van der Waals surface area contributed by atoms with Crippen molar-refractivity contribution in [2.75, 3.05) is 0 Å². The average Bonchev–Trinajstić information content (AvgIpc) is 3.03. The number of rotatable bonds is 7. The van der Waals surface area contributed by atoms with E-state index >= 15 is 0 Å². The number of hydrogen-bond acceptors (Lipinski definition) is 3. The molecular formula is C34H28N2OP2. The van der Waals surface area contributed by atoms with Crippen LogP contribution >= 0.6 is 15.4 Å². The summed E-state index contributed by atoms with van der Waals surface area (Å²) < 4.78 is 0. The van der Waals surface area contributed by atoms with E-state index < -0.39 is 15.4 Å². The fourth-order valence-corrected chi connectivity index (χ4v) is 10.5. The first-order chi connectivity index (χ1) is 19.3. The zero-order valence-corrected chi connectivity index (χ0v) is 23.2. The van der Waals surface area contributed by atoms with E-state index in [0.29, 0.717) is 5.44 Å². The molecule has 190 valence electrons. The molecule has 4 aromatic carbocycles. The van der Waals surface area contributed by atoms with Gasteiger partial charge in [-0.15, -0.1) is 0 Å². The van der Waals surface area contributed by atoms with Gasteiger partial charge in [-0.05, 0) is 0 Å². The van der Waals surface area contributed by atoms with Crippen LogP contribution in [-0.2, 0) is 0 Å². The van der Waals surface area contributed by atoms with Gasteiger partial charge in [-0.3, -0.25) is 0 Å². The predicted molar refractivity (Wildman–Crippen MR) is 168 cm³/mol. The van der Waals surface area contributed by atoms with Gasteiger partial charge in [-0.2, -0.15) is 0 Å². The van der Waals surface area contributed by atoms with Crippen molar-refractivity contribution in [1.82, 2.24) is 9.97 Å². The van der Waals surface area contributed by atoms with Gasteiger partial charge in [-0.25, -0.2) is 0 Å². The maximum atomic E-state index is 12.8.